The summed E-state index contributed by atoms with van der Waals surface area (Å²) in [4.78, 5) is 25.5. The van der Waals surface area contributed by atoms with Crippen LogP contribution in [-0.2, 0) is 4.79 Å². The van der Waals surface area contributed by atoms with Crippen molar-refractivity contribution in [1.82, 2.24) is 4.98 Å². The first kappa shape index (κ1) is 14.7. The second-order valence-electron chi connectivity index (χ2n) is 4.63. The molecule has 2 aromatic rings. The van der Waals surface area contributed by atoms with Crippen molar-refractivity contribution >= 4 is 28.1 Å². The number of aliphatic carboxylic acids is 1. The lowest BCUT2D eigenvalue weighted by molar-refractivity contribution is -0.383. The van der Waals surface area contributed by atoms with Crippen LogP contribution in [-0.4, -0.2) is 27.5 Å². The fraction of sp³-hybridized carbons (Fsp3) is 0.286. The number of pyridine rings is 1. The molecule has 0 fully saturated rings. The molecule has 2 rings (SSSR count). The number of aromatic nitrogens is 1. The topological polar surface area (TPSA) is 105 Å². The highest BCUT2D eigenvalue weighted by Gasteiger charge is 2.17. The quantitative estimate of drug-likeness (QED) is 0.625. The predicted molar refractivity (Wildman–Crippen MR) is 78.3 cm³/mol. The van der Waals surface area contributed by atoms with Gasteiger partial charge in [-0.1, -0.05) is 6.92 Å². The van der Waals surface area contributed by atoms with Crippen molar-refractivity contribution in [1.29, 1.82) is 0 Å². The SMILES string of the molecule is CCC(CNc1ccc([N+](=O)[O-])c2cnccc12)C(=O)O. The maximum atomic E-state index is 11.0. The molecule has 0 aliphatic heterocycles. The highest BCUT2D eigenvalue weighted by Crippen LogP contribution is 2.30. The zero-order chi connectivity index (χ0) is 15.4. The van der Waals surface area contributed by atoms with E-state index in [1.165, 1.54) is 12.3 Å². The minimum atomic E-state index is -0.863. The van der Waals surface area contributed by atoms with Crippen LogP contribution < -0.4 is 5.32 Å². The molecule has 1 aromatic carbocycles. The average molecular weight is 289 g/mol. The number of anilines is 1. The Morgan fingerprint density at radius 2 is 2.19 bits per heavy atom. The molecule has 0 amide bonds. The number of nitro groups is 1. The maximum absolute atomic E-state index is 11.0. The molecule has 1 atom stereocenters. The van der Waals surface area contributed by atoms with Crippen LogP contribution in [0.3, 0.4) is 0 Å². The lowest BCUT2D eigenvalue weighted by atomic mass is 10.1. The van der Waals surface area contributed by atoms with E-state index < -0.39 is 16.8 Å². The van der Waals surface area contributed by atoms with Gasteiger partial charge in [-0.05, 0) is 18.6 Å². The molecule has 0 spiro atoms. The third-order valence-electron chi connectivity index (χ3n) is 3.37. The standard InChI is InChI=1S/C14H15N3O4/c1-2-9(14(18)19)7-16-12-3-4-13(17(20)21)11-8-15-6-5-10(11)12/h3-6,8-9,16H,2,7H2,1H3,(H,18,19). The average Bonchev–Trinajstić information content (AvgIpc) is 2.47. The monoisotopic (exact) mass is 289 g/mol. The highest BCUT2D eigenvalue weighted by atomic mass is 16.6. The van der Waals surface area contributed by atoms with Crippen molar-refractivity contribution in [3.63, 3.8) is 0 Å². The van der Waals surface area contributed by atoms with E-state index in [9.17, 15) is 14.9 Å². The van der Waals surface area contributed by atoms with Gasteiger partial charge < -0.3 is 10.4 Å². The lowest BCUT2D eigenvalue weighted by Gasteiger charge is -2.14. The van der Waals surface area contributed by atoms with Gasteiger partial charge in [0.1, 0.15) is 0 Å². The molecule has 0 bridgehead atoms. The van der Waals surface area contributed by atoms with Crippen molar-refractivity contribution in [3.8, 4) is 0 Å². The number of non-ortho nitro benzene ring substituents is 1. The van der Waals surface area contributed by atoms with Gasteiger partial charge in [-0.3, -0.25) is 19.9 Å². The van der Waals surface area contributed by atoms with Crippen LogP contribution in [0.15, 0.2) is 30.6 Å². The van der Waals surface area contributed by atoms with Gasteiger partial charge in [0.25, 0.3) is 5.69 Å². The molecule has 7 nitrogen and oxygen atoms in total. The number of carboxylic acid groups (broad SMARTS) is 1. The summed E-state index contributed by atoms with van der Waals surface area (Å²) < 4.78 is 0. The zero-order valence-corrected chi connectivity index (χ0v) is 11.4. The Balaban J connectivity index is 2.35. The Kier molecular flexibility index (Phi) is 4.32. The molecule has 0 aliphatic rings. The van der Waals surface area contributed by atoms with Crippen LogP contribution in [0.2, 0.25) is 0 Å². The molecule has 0 saturated carbocycles. The van der Waals surface area contributed by atoms with Gasteiger partial charge in [-0.2, -0.15) is 0 Å². The van der Waals surface area contributed by atoms with E-state index >= 15 is 0 Å². The van der Waals surface area contributed by atoms with Crippen molar-refractivity contribution < 1.29 is 14.8 Å². The normalized spacial score (nSPS) is 12.0. The third-order valence-corrected chi connectivity index (χ3v) is 3.37. The fourth-order valence-electron chi connectivity index (χ4n) is 2.13. The van der Waals surface area contributed by atoms with Crippen LogP contribution in [0.25, 0.3) is 10.8 Å². The number of carbonyl (C=O) groups is 1. The van der Waals surface area contributed by atoms with Crippen LogP contribution >= 0.6 is 0 Å². The number of hydrogen-bond donors (Lipinski definition) is 2. The molecule has 110 valence electrons. The first-order chi connectivity index (χ1) is 10.0. The number of hydrogen-bond acceptors (Lipinski definition) is 5. The van der Waals surface area contributed by atoms with Crippen molar-refractivity contribution in [3.05, 3.63) is 40.7 Å². The Bertz CT molecular complexity index is 687. The fourth-order valence-corrected chi connectivity index (χ4v) is 2.13. The van der Waals surface area contributed by atoms with Gasteiger partial charge in [0.2, 0.25) is 0 Å². The Morgan fingerprint density at radius 3 is 2.81 bits per heavy atom. The summed E-state index contributed by atoms with van der Waals surface area (Å²) in [6.07, 6.45) is 3.49. The summed E-state index contributed by atoms with van der Waals surface area (Å²) in [6, 6.07) is 4.66. The molecule has 1 aromatic heterocycles. The van der Waals surface area contributed by atoms with E-state index in [4.69, 9.17) is 5.11 Å². The van der Waals surface area contributed by atoms with E-state index in [1.807, 2.05) is 0 Å². The first-order valence-corrected chi connectivity index (χ1v) is 6.52. The Labute approximate surface area is 120 Å². The van der Waals surface area contributed by atoms with Crippen molar-refractivity contribution in [2.75, 3.05) is 11.9 Å². The second kappa shape index (κ2) is 6.17. The number of nitro benzene ring substituents is 1. The van der Waals surface area contributed by atoms with Gasteiger partial charge in [-0.25, -0.2) is 0 Å². The first-order valence-electron chi connectivity index (χ1n) is 6.52. The summed E-state index contributed by atoms with van der Waals surface area (Å²) in [5, 5.41) is 24.2. The summed E-state index contributed by atoms with van der Waals surface area (Å²) in [5.74, 6) is -1.37. The molecular formula is C14H15N3O4. The molecule has 0 aliphatic carbocycles. The minimum absolute atomic E-state index is 0.0195. The molecule has 1 heterocycles. The lowest BCUT2D eigenvalue weighted by Crippen LogP contribution is -2.22. The van der Waals surface area contributed by atoms with Gasteiger partial charge in [0, 0.05) is 36.1 Å². The van der Waals surface area contributed by atoms with Crippen LogP contribution in [0.4, 0.5) is 11.4 Å². The number of carboxylic acids is 1. The summed E-state index contributed by atoms with van der Waals surface area (Å²) in [7, 11) is 0. The van der Waals surface area contributed by atoms with Crippen LogP contribution in [0.1, 0.15) is 13.3 Å². The third kappa shape index (κ3) is 3.07. The minimum Gasteiger partial charge on any atom is -0.481 e. The number of nitrogens with zero attached hydrogens (tertiary/aromatic N) is 2. The molecule has 1 unspecified atom stereocenters. The molecular weight excluding hydrogens is 274 g/mol. The van der Waals surface area contributed by atoms with Crippen molar-refractivity contribution in [2.24, 2.45) is 5.92 Å². The van der Waals surface area contributed by atoms with E-state index in [2.05, 4.69) is 10.3 Å². The smallest absolute Gasteiger partial charge is 0.308 e. The number of fused-ring (bicyclic) bond motifs is 1. The van der Waals surface area contributed by atoms with E-state index in [0.717, 1.165) is 0 Å². The van der Waals surface area contributed by atoms with Gasteiger partial charge in [0.15, 0.2) is 0 Å². The van der Waals surface area contributed by atoms with Crippen LogP contribution in [0, 0.1) is 16.0 Å². The largest absolute Gasteiger partial charge is 0.481 e. The number of benzene rings is 1. The Morgan fingerprint density at radius 1 is 1.43 bits per heavy atom. The summed E-state index contributed by atoms with van der Waals surface area (Å²) >= 11 is 0. The number of rotatable bonds is 6. The molecule has 0 saturated heterocycles. The van der Waals surface area contributed by atoms with Crippen molar-refractivity contribution in [2.45, 2.75) is 13.3 Å². The van der Waals surface area contributed by atoms with Gasteiger partial charge >= 0.3 is 5.97 Å². The van der Waals surface area contributed by atoms with Crippen LogP contribution in [0.5, 0.6) is 0 Å². The van der Waals surface area contributed by atoms with Gasteiger partial charge in [0.05, 0.1) is 16.2 Å². The zero-order valence-electron chi connectivity index (χ0n) is 11.4. The van der Waals surface area contributed by atoms with E-state index in [1.54, 1.807) is 25.3 Å². The second-order valence-corrected chi connectivity index (χ2v) is 4.63. The number of nitrogens with one attached hydrogen (secondary N) is 1. The van der Waals surface area contributed by atoms with E-state index in [0.29, 0.717) is 22.9 Å². The Hall–Kier alpha value is -2.70. The summed E-state index contributed by atoms with van der Waals surface area (Å²) in [6.45, 7) is 2.07. The maximum Gasteiger partial charge on any atom is 0.308 e. The molecule has 0 radical (unpaired) electrons. The molecule has 2 N–H and O–H groups in total. The molecule has 21 heavy (non-hydrogen) atoms. The predicted octanol–water partition coefficient (Wildman–Crippen LogP) is 2.67. The van der Waals surface area contributed by atoms with Gasteiger partial charge in [-0.15, -0.1) is 0 Å². The molecule has 7 heteroatoms. The highest BCUT2D eigenvalue weighted by molar-refractivity contribution is 5.99. The van der Waals surface area contributed by atoms with E-state index in [-0.39, 0.29) is 12.2 Å². The summed E-state index contributed by atoms with van der Waals surface area (Å²) in [5.41, 5.74) is 0.645.